The molecule has 3 N–H and O–H groups in total. The molecule has 156 valence electrons. The van der Waals surface area contributed by atoms with Crippen molar-refractivity contribution < 1.29 is 14.3 Å². The Morgan fingerprint density at radius 1 is 1.14 bits per heavy atom. The average Bonchev–Trinajstić information content (AvgIpc) is 2.59. The Morgan fingerprint density at radius 3 is 2.50 bits per heavy atom. The first-order valence-corrected chi connectivity index (χ1v) is 10.1. The largest absolute Gasteiger partial charge is 0.490 e. The van der Waals surface area contributed by atoms with E-state index >= 15 is 0 Å². The van der Waals surface area contributed by atoms with Crippen LogP contribution in [-0.4, -0.2) is 43.4 Å². The van der Waals surface area contributed by atoms with E-state index < -0.39 is 11.7 Å². The van der Waals surface area contributed by atoms with Crippen LogP contribution in [-0.2, 0) is 11.3 Å². The van der Waals surface area contributed by atoms with E-state index in [9.17, 15) is 4.79 Å². The summed E-state index contributed by atoms with van der Waals surface area (Å²) < 4.78 is 11.3. The Bertz CT molecular complexity index is 651. The lowest BCUT2D eigenvalue weighted by molar-refractivity contribution is 0.0529. The van der Waals surface area contributed by atoms with Crippen LogP contribution in [0.5, 0.6) is 5.75 Å². The highest BCUT2D eigenvalue weighted by Gasteiger charge is 2.20. The molecule has 0 spiro atoms. The molecule has 28 heavy (non-hydrogen) atoms. The van der Waals surface area contributed by atoms with Gasteiger partial charge in [0, 0.05) is 25.2 Å². The molecular formula is C21H34N4O3. The second-order valence-corrected chi connectivity index (χ2v) is 7.83. The molecule has 1 aliphatic carbocycles. The Morgan fingerprint density at radius 2 is 1.86 bits per heavy atom. The number of amides is 1. The second-order valence-electron chi connectivity index (χ2n) is 7.83. The predicted molar refractivity (Wildman–Crippen MR) is 112 cm³/mol. The fourth-order valence-corrected chi connectivity index (χ4v) is 2.58. The molecule has 1 amide bonds. The van der Waals surface area contributed by atoms with E-state index in [4.69, 9.17) is 9.47 Å². The third-order valence-corrected chi connectivity index (χ3v) is 4.16. The van der Waals surface area contributed by atoms with E-state index in [1.165, 1.54) is 6.42 Å². The van der Waals surface area contributed by atoms with Crippen LogP contribution in [0.1, 0.15) is 52.5 Å². The van der Waals surface area contributed by atoms with E-state index in [1.54, 1.807) is 0 Å². The van der Waals surface area contributed by atoms with Crippen LogP contribution in [0.2, 0.25) is 0 Å². The number of para-hydroxylation sites is 1. The van der Waals surface area contributed by atoms with Gasteiger partial charge < -0.3 is 25.4 Å². The summed E-state index contributed by atoms with van der Waals surface area (Å²) in [5, 5.41) is 9.16. The van der Waals surface area contributed by atoms with Gasteiger partial charge in [-0.1, -0.05) is 18.2 Å². The maximum absolute atomic E-state index is 11.7. The van der Waals surface area contributed by atoms with Crippen molar-refractivity contribution in [3.8, 4) is 5.75 Å². The highest BCUT2D eigenvalue weighted by Crippen LogP contribution is 2.27. The Kier molecular flexibility index (Phi) is 8.42. The van der Waals surface area contributed by atoms with E-state index in [2.05, 4.69) is 20.9 Å². The number of carbonyl (C=O) groups excluding carboxylic acids is 1. The van der Waals surface area contributed by atoms with E-state index in [-0.39, 0.29) is 0 Å². The van der Waals surface area contributed by atoms with Crippen molar-refractivity contribution in [2.75, 3.05) is 19.6 Å². The van der Waals surface area contributed by atoms with Crippen LogP contribution in [0.15, 0.2) is 29.3 Å². The van der Waals surface area contributed by atoms with Crippen molar-refractivity contribution in [3.05, 3.63) is 29.8 Å². The summed E-state index contributed by atoms with van der Waals surface area (Å²) in [6.45, 7) is 9.81. The molecule has 0 saturated heterocycles. The Hall–Kier alpha value is -2.44. The number of carbonyl (C=O) groups is 1. The lowest BCUT2D eigenvalue weighted by Crippen LogP contribution is -2.42. The molecule has 1 aliphatic rings. The summed E-state index contributed by atoms with van der Waals surface area (Å²) in [5.41, 5.74) is 0.571. The van der Waals surface area contributed by atoms with Gasteiger partial charge in [-0.3, -0.25) is 0 Å². The van der Waals surface area contributed by atoms with E-state index in [0.717, 1.165) is 30.7 Å². The minimum Gasteiger partial charge on any atom is -0.490 e. The highest BCUT2D eigenvalue weighted by atomic mass is 16.6. The topological polar surface area (TPSA) is 84.0 Å². The minimum atomic E-state index is -0.497. The maximum Gasteiger partial charge on any atom is 0.407 e. The van der Waals surface area contributed by atoms with Gasteiger partial charge in [0.2, 0.25) is 0 Å². The van der Waals surface area contributed by atoms with Crippen molar-refractivity contribution >= 4 is 12.1 Å². The van der Waals surface area contributed by atoms with Gasteiger partial charge in [-0.2, -0.15) is 0 Å². The highest BCUT2D eigenvalue weighted by molar-refractivity contribution is 5.79. The summed E-state index contributed by atoms with van der Waals surface area (Å²) in [5.74, 6) is 1.62. The standard InChI is InChI=1S/C21H34N4O3/c1-5-22-19(23-13-14-24-20(26)28-21(2,3)4)25-15-16-9-6-7-12-18(16)27-17-10-8-11-17/h6-7,9,12,17H,5,8,10-11,13-15H2,1-4H3,(H,24,26)(H2,22,23,25). The normalized spacial score (nSPS) is 14.8. The molecular weight excluding hydrogens is 356 g/mol. The average molecular weight is 391 g/mol. The molecule has 7 heteroatoms. The second kappa shape index (κ2) is 10.8. The maximum atomic E-state index is 11.7. The lowest BCUT2D eigenvalue weighted by atomic mass is 9.96. The summed E-state index contributed by atoms with van der Waals surface area (Å²) in [4.78, 5) is 16.3. The number of aliphatic imine (C=N–C) groups is 1. The summed E-state index contributed by atoms with van der Waals surface area (Å²) in [6.07, 6.45) is 3.43. The first-order valence-electron chi connectivity index (χ1n) is 10.1. The molecule has 1 aromatic carbocycles. The molecule has 0 aliphatic heterocycles. The molecule has 0 bridgehead atoms. The van der Waals surface area contributed by atoms with Gasteiger partial charge in [0.1, 0.15) is 11.4 Å². The summed E-state index contributed by atoms with van der Waals surface area (Å²) in [6, 6.07) is 8.05. The van der Waals surface area contributed by atoms with Crippen LogP contribution >= 0.6 is 0 Å². The van der Waals surface area contributed by atoms with Gasteiger partial charge in [-0.25, -0.2) is 9.79 Å². The molecule has 2 rings (SSSR count). The SMILES string of the molecule is CCNC(=NCc1ccccc1OC1CCC1)NCCNC(=O)OC(C)(C)C. The first-order chi connectivity index (χ1) is 13.4. The first kappa shape index (κ1) is 21.9. The van der Waals surface area contributed by atoms with Crippen molar-refractivity contribution in [3.63, 3.8) is 0 Å². The molecule has 0 unspecified atom stereocenters. The zero-order chi connectivity index (χ0) is 20.4. The van der Waals surface area contributed by atoms with Gasteiger partial charge in [0.05, 0.1) is 12.6 Å². The van der Waals surface area contributed by atoms with Crippen LogP contribution in [0, 0.1) is 0 Å². The van der Waals surface area contributed by atoms with Gasteiger partial charge >= 0.3 is 6.09 Å². The fraction of sp³-hybridized carbons (Fsp3) is 0.619. The van der Waals surface area contributed by atoms with Crippen molar-refractivity contribution in [2.45, 2.75) is 65.2 Å². The third kappa shape index (κ3) is 8.06. The quantitative estimate of drug-likeness (QED) is 0.361. The monoisotopic (exact) mass is 390 g/mol. The number of guanidine groups is 1. The Balaban J connectivity index is 1.82. The number of nitrogens with one attached hydrogen (secondary N) is 3. The number of hydrogen-bond donors (Lipinski definition) is 3. The number of alkyl carbamates (subject to hydrolysis) is 1. The summed E-state index contributed by atoms with van der Waals surface area (Å²) in [7, 11) is 0. The molecule has 1 saturated carbocycles. The van der Waals surface area contributed by atoms with E-state index in [0.29, 0.717) is 31.7 Å². The molecule has 1 aromatic rings. The van der Waals surface area contributed by atoms with Crippen LogP contribution in [0.25, 0.3) is 0 Å². The van der Waals surface area contributed by atoms with Gasteiger partial charge in [0.25, 0.3) is 0 Å². The predicted octanol–water partition coefficient (Wildman–Crippen LogP) is 3.20. The number of nitrogens with zero attached hydrogens (tertiary/aromatic N) is 1. The molecule has 1 fully saturated rings. The third-order valence-electron chi connectivity index (χ3n) is 4.16. The van der Waals surface area contributed by atoms with Crippen molar-refractivity contribution in [1.29, 1.82) is 0 Å². The Labute approximate surface area is 168 Å². The number of benzene rings is 1. The number of ether oxygens (including phenoxy) is 2. The molecule has 0 atom stereocenters. The number of rotatable bonds is 8. The van der Waals surface area contributed by atoms with Gasteiger partial charge in [0.15, 0.2) is 5.96 Å². The van der Waals surface area contributed by atoms with Gasteiger partial charge in [-0.15, -0.1) is 0 Å². The van der Waals surface area contributed by atoms with Crippen LogP contribution < -0.4 is 20.7 Å². The zero-order valence-electron chi connectivity index (χ0n) is 17.5. The van der Waals surface area contributed by atoms with Crippen molar-refractivity contribution in [2.24, 2.45) is 4.99 Å². The molecule has 0 aromatic heterocycles. The smallest absolute Gasteiger partial charge is 0.407 e. The molecule has 0 heterocycles. The van der Waals surface area contributed by atoms with Crippen molar-refractivity contribution in [1.82, 2.24) is 16.0 Å². The zero-order valence-corrected chi connectivity index (χ0v) is 17.5. The number of hydrogen-bond acceptors (Lipinski definition) is 4. The van der Waals surface area contributed by atoms with Gasteiger partial charge in [-0.05, 0) is 53.0 Å². The fourth-order valence-electron chi connectivity index (χ4n) is 2.58. The molecule has 7 nitrogen and oxygen atoms in total. The van der Waals surface area contributed by atoms with Crippen LogP contribution in [0.3, 0.4) is 0 Å². The summed E-state index contributed by atoms with van der Waals surface area (Å²) >= 11 is 0. The lowest BCUT2D eigenvalue weighted by Gasteiger charge is -2.27. The van der Waals surface area contributed by atoms with E-state index in [1.807, 2.05) is 52.0 Å². The minimum absolute atomic E-state index is 0.343. The molecule has 0 radical (unpaired) electrons. The van der Waals surface area contributed by atoms with Crippen LogP contribution in [0.4, 0.5) is 4.79 Å².